The number of aliphatic hydroxyl groups is 2. The van der Waals surface area contributed by atoms with E-state index in [-0.39, 0.29) is 12.6 Å². The van der Waals surface area contributed by atoms with Crippen molar-refractivity contribution >= 4 is 5.95 Å². The van der Waals surface area contributed by atoms with Crippen molar-refractivity contribution in [2.45, 2.75) is 24.9 Å². The summed E-state index contributed by atoms with van der Waals surface area (Å²) in [6, 6.07) is 1.26. The summed E-state index contributed by atoms with van der Waals surface area (Å²) in [5, 5.41) is 18.5. The lowest BCUT2D eigenvalue weighted by molar-refractivity contribution is -0.0440. The molecule has 4 N–H and O–H groups in total. The Bertz CT molecular complexity index is 433. The van der Waals surface area contributed by atoms with Crippen LogP contribution in [0, 0.1) is 0 Å². The summed E-state index contributed by atoms with van der Waals surface area (Å²) in [5.74, 6) is 0.0308. The molecule has 0 saturated carbocycles. The summed E-state index contributed by atoms with van der Waals surface area (Å²) >= 11 is 0. The molecular weight excluding hydrogens is 214 g/mol. The SMILES string of the molecule is Nc1nc(=O)ccn1[C@H]1C[C@@H](O)[C@@H](CO)O1. The van der Waals surface area contributed by atoms with E-state index in [0.29, 0.717) is 6.42 Å². The van der Waals surface area contributed by atoms with Crippen LogP contribution in [0.1, 0.15) is 12.6 Å². The van der Waals surface area contributed by atoms with Crippen LogP contribution in [-0.2, 0) is 4.74 Å². The van der Waals surface area contributed by atoms with Crippen LogP contribution in [-0.4, -0.2) is 38.6 Å². The van der Waals surface area contributed by atoms with Gasteiger partial charge in [0.15, 0.2) is 0 Å². The minimum atomic E-state index is -0.742. The summed E-state index contributed by atoms with van der Waals surface area (Å²) in [5.41, 5.74) is 5.14. The topological polar surface area (TPSA) is 111 Å². The number of nitrogen functional groups attached to an aromatic ring is 1. The molecule has 7 heteroatoms. The van der Waals surface area contributed by atoms with Gasteiger partial charge in [-0.25, -0.2) is 0 Å². The van der Waals surface area contributed by atoms with Crippen molar-refractivity contribution < 1.29 is 14.9 Å². The van der Waals surface area contributed by atoms with E-state index in [2.05, 4.69) is 4.98 Å². The normalized spacial score (nSPS) is 29.5. The maximum Gasteiger partial charge on any atom is 0.274 e. The Balaban J connectivity index is 2.23. The van der Waals surface area contributed by atoms with Crippen molar-refractivity contribution in [2.24, 2.45) is 0 Å². The van der Waals surface area contributed by atoms with Crippen molar-refractivity contribution in [3.05, 3.63) is 22.6 Å². The Labute approximate surface area is 91.1 Å². The third-order valence-corrected chi connectivity index (χ3v) is 2.56. The fourth-order valence-corrected chi connectivity index (χ4v) is 1.72. The van der Waals surface area contributed by atoms with E-state index in [1.807, 2.05) is 0 Å². The zero-order chi connectivity index (χ0) is 11.7. The standard InChI is InChI=1S/C9H13N3O4/c10-9-11-7(15)1-2-12(9)8-3-5(14)6(4-13)16-8/h1-2,5-6,8,13-14H,3-4H2,(H2,10,11,15)/t5-,6-,8-/m1/s1. The molecule has 1 aliphatic rings. The van der Waals surface area contributed by atoms with Crippen LogP contribution in [0.4, 0.5) is 5.95 Å². The first-order chi connectivity index (χ1) is 7.61. The van der Waals surface area contributed by atoms with Crippen LogP contribution >= 0.6 is 0 Å². The van der Waals surface area contributed by atoms with Gasteiger partial charge in [0.05, 0.1) is 12.7 Å². The molecule has 88 valence electrons. The average molecular weight is 227 g/mol. The van der Waals surface area contributed by atoms with Gasteiger partial charge in [0.2, 0.25) is 5.95 Å². The van der Waals surface area contributed by atoms with E-state index in [1.54, 1.807) is 0 Å². The van der Waals surface area contributed by atoms with Crippen LogP contribution in [0.5, 0.6) is 0 Å². The number of aromatic nitrogens is 2. The first-order valence-electron chi connectivity index (χ1n) is 4.91. The molecule has 16 heavy (non-hydrogen) atoms. The monoisotopic (exact) mass is 227 g/mol. The highest BCUT2D eigenvalue weighted by Crippen LogP contribution is 2.29. The summed E-state index contributed by atoms with van der Waals surface area (Å²) in [7, 11) is 0. The second-order valence-corrected chi connectivity index (χ2v) is 3.65. The number of nitrogens with zero attached hydrogens (tertiary/aromatic N) is 2. The Morgan fingerprint density at radius 1 is 1.69 bits per heavy atom. The molecule has 3 atom stereocenters. The number of aliphatic hydroxyl groups excluding tert-OH is 2. The fourth-order valence-electron chi connectivity index (χ4n) is 1.72. The molecule has 0 aliphatic carbocycles. The third-order valence-electron chi connectivity index (χ3n) is 2.56. The molecule has 1 aliphatic heterocycles. The number of hydrogen-bond donors (Lipinski definition) is 3. The van der Waals surface area contributed by atoms with Gasteiger partial charge in [-0.2, -0.15) is 4.98 Å². The van der Waals surface area contributed by atoms with Crippen molar-refractivity contribution in [1.29, 1.82) is 0 Å². The molecule has 0 bridgehead atoms. The first-order valence-corrected chi connectivity index (χ1v) is 4.91. The van der Waals surface area contributed by atoms with E-state index < -0.39 is 24.0 Å². The van der Waals surface area contributed by atoms with Gasteiger partial charge >= 0.3 is 0 Å². The molecule has 2 rings (SSSR count). The number of rotatable bonds is 2. The quantitative estimate of drug-likeness (QED) is 0.565. The smallest absolute Gasteiger partial charge is 0.274 e. The summed E-state index contributed by atoms with van der Waals surface area (Å²) < 4.78 is 6.83. The van der Waals surface area contributed by atoms with Crippen molar-refractivity contribution in [2.75, 3.05) is 12.3 Å². The molecule has 1 aromatic rings. The molecular formula is C9H13N3O4. The molecule has 2 heterocycles. The molecule has 0 unspecified atom stereocenters. The molecule has 0 radical (unpaired) electrons. The minimum absolute atomic E-state index is 0.0308. The van der Waals surface area contributed by atoms with Gasteiger partial charge in [0.25, 0.3) is 5.56 Å². The zero-order valence-electron chi connectivity index (χ0n) is 8.48. The van der Waals surface area contributed by atoms with Gasteiger partial charge in [-0.15, -0.1) is 0 Å². The van der Waals surface area contributed by atoms with Gasteiger partial charge in [-0.3, -0.25) is 9.36 Å². The maximum atomic E-state index is 10.9. The predicted molar refractivity (Wildman–Crippen MR) is 54.5 cm³/mol. The minimum Gasteiger partial charge on any atom is -0.394 e. The maximum absolute atomic E-state index is 10.9. The molecule has 1 saturated heterocycles. The first kappa shape index (κ1) is 11.1. The van der Waals surface area contributed by atoms with Gasteiger partial charge < -0.3 is 20.7 Å². The third kappa shape index (κ3) is 1.92. The van der Waals surface area contributed by atoms with Crippen LogP contribution in [0.2, 0.25) is 0 Å². The second kappa shape index (κ2) is 4.20. The highest BCUT2D eigenvalue weighted by Gasteiger charge is 2.34. The van der Waals surface area contributed by atoms with Crippen molar-refractivity contribution in [3.8, 4) is 0 Å². The average Bonchev–Trinajstić information content (AvgIpc) is 2.59. The summed E-state index contributed by atoms with van der Waals surface area (Å²) in [4.78, 5) is 14.5. The molecule has 0 spiro atoms. The lowest BCUT2D eigenvalue weighted by atomic mass is 10.2. The number of anilines is 1. The lowest BCUT2D eigenvalue weighted by Gasteiger charge is -2.16. The molecule has 0 amide bonds. The number of ether oxygens (including phenoxy) is 1. The Morgan fingerprint density at radius 3 is 3.00 bits per heavy atom. The molecule has 1 fully saturated rings. The molecule has 7 nitrogen and oxygen atoms in total. The van der Waals surface area contributed by atoms with Crippen LogP contribution in [0.15, 0.2) is 17.1 Å². The fraction of sp³-hybridized carbons (Fsp3) is 0.556. The highest BCUT2D eigenvalue weighted by molar-refractivity contribution is 5.17. The molecule has 1 aromatic heterocycles. The number of nitrogens with two attached hydrogens (primary N) is 1. The van der Waals surface area contributed by atoms with Crippen LogP contribution in [0.25, 0.3) is 0 Å². The van der Waals surface area contributed by atoms with Gasteiger partial charge in [-0.05, 0) is 0 Å². The van der Waals surface area contributed by atoms with E-state index in [1.165, 1.54) is 16.8 Å². The van der Waals surface area contributed by atoms with E-state index in [9.17, 15) is 9.90 Å². The van der Waals surface area contributed by atoms with E-state index in [4.69, 9.17) is 15.6 Å². The van der Waals surface area contributed by atoms with Crippen LogP contribution < -0.4 is 11.3 Å². The highest BCUT2D eigenvalue weighted by atomic mass is 16.5. The predicted octanol–water partition coefficient (Wildman–Crippen LogP) is -1.53. The lowest BCUT2D eigenvalue weighted by Crippen LogP contribution is -2.24. The van der Waals surface area contributed by atoms with Crippen LogP contribution in [0.3, 0.4) is 0 Å². The largest absolute Gasteiger partial charge is 0.394 e. The van der Waals surface area contributed by atoms with Gasteiger partial charge in [0.1, 0.15) is 12.3 Å². The van der Waals surface area contributed by atoms with Gasteiger partial charge in [-0.1, -0.05) is 0 Å². The summed E-state index contributed by atoms with van der Waals surface area (Å²) in [6.45, 7) is -0.259. The Morgan fingerprint density at radius 2 is 2.44 bits per heavy atom. The van der Waals surface area contributed by atoms with Crippen molar-refractivity contribution in [1.82, 2.24) is 9.55 Å². The summed E-state index contributed by atoms with van der Waals surface area (Å²) in [6.07, 6.45) is -0.0974. The molecule has 0 aromatic carbocycles. The van der Waals surface area contributed by atoms with Gasteiger partial charge in [0, 0.05) is 18.7 Å². The van der Waals surface area contributed by atoms with Crippen molar-refractivity contribution in [3.63, 3.8) is 0 Å². The Hall–Kier alpha value is -1.44. The Kier molecular flexibility index (Phi) is 2.90. The zero-order valence-corrected chi connectivity index (χ0v) is 8.48. The van der Waals surface area contributed by atoms with E-state index >= 15 is 0 Å². The number of hydrogen-bond acceptors (Lipinski definition) is 6. The van der Waals surface area contributed by atoms with E-state index in [0.717, 1.165) is 0 Å². The second-order valence-electron chi connectivity index (χ2n) is 3.65.